The zero-order chi connectivity index (χ0) is 13.8. The van der Waals surface area contributed by atoms with Crippen LogP contribution in [0.3, 0.4) is 0 Å². The molecule has 5 heteroatoms. The number of carbonyl (C=O) groups is 2. The van der Waals surface area contributed by atoms with E-state index >= 15 is 0 Å². The van der Waals surface area contributed by atoms with E-state index in [1.54, 1.807) is 6.07 Å². The SMILES string of the molecule is O=C(O)C1CCCCCN1C(=O)c1ccccc1F. The van der Waals surface area contributed by atoms with Gasteiger partial charge in [-0.2, -0.15) is 0 Å². The molecule has 1 aliphatic heterocycles. The van der Waals surface area contributed by atoms with E-state index in [2.05, 4.69) is 0 Å². The maximum absolute atomic E-state index is 13.6. The molecular weight excluding hydrogens is 249 g/mol. The predicted octanol–water partition coefficient (Wildman–Crippen LogP) is 2.30. The minimum atomic E-state index is -1.02. The molecule has 0 spiro atoms. The topological polar surface area (TPSA) is 57.6 Å². The smallest absolute Gasteiger partial charge is 0.326 e. The monoisotopic (exact) mass is 265 g/mol. The lowest BCUT2D eigenvalue weighted by Crippen LogP contribution is -2.44. The molecule has 102 valence electrons. The standard InChI is InChI=1S/C14H16FNO3/c15-11-7-4-3-6-10(11)13(17)16-9-5-1-2-8-12(16)14(18)19/h3-4,6-7,12H,1-2,5,8-9H2,(H,18,19). The first kappa shape index (κ1) is 13.5. The summed E-state index contributed by atoms with van der Waals surface area (Å²) in [7, 11) is 0. The van der Waals surface area contributed by atoms with Gasteiger partial charge in [-0.05, 0) is 25.0 Å². The highest BCUT2D eigenvalue weighted by Crippen LogP contribution is 2.20. The first-order valence-electron chi connectivity index (χ1n) is 6.39. The molecule has 1 N–H and O–H groups in total. The first-order valence-corrected chi connectivity index (χ1v) is 6.39. The van der Waals surface area contributed by atoms with E-state index < -0.39 is 23.7 Å². The van der Waals surface area contributed by atoms with Crippen LogP contribution in [0, 0.1) is 5.82 Å². The van der Waals surface area contributed by atoms with Gasteiger partial charge >= 0.3 is 5.97 Å². The third kappa shape index (κ3) is 2.92. The summed E-state index contributed by atoms with van der Waals surface area (Å²) in [6, 6.07) is 4.82. The van der Waals surface area contributed by atoms with Crippen molar-refractivity contribution >= 4 is 11.9 Å². The molecule has 1 aromatic rings. The number of carbonyl (C=O) groups excluding carboxylic acids is 1. The van der Waals surface area contributed by atoms with Crippen molar-refractivity contribution in [1.82, 2.24) is 4.90 Å². The molecule has 1 heterocycles. The molecule has 2 rings (SSSR count). The summed E-state index contributed by atoms with van der Waals surface area (Å²) in [6.45, 7) is 0.365. The molecule has 0 radical (unpaired) electrons. The predicted molar refractivity (Wildman–Crippen MR) is 67.3 cm³/mol. The van der Waals surface area contributed by atoms with Crippen molar-refractivity contribution in [3.63, 3.8) is 0 Å². The van der Waals surface area contributed by atoms with Crippen molar-refractivity contribution < 1.29 is 19.1 Å². The molecule has 1 atom stereocenters. The van der Waals surface area contributed by atoms with Crippen molar-refractivity contribution in [3.8, 4) is 0 Å². The Hall–Kier alpha value is -1.91. The molecule has 1 saturated heterocycles. The van der Waals surface area contributed by atoms with Crippen LogP contribution in [-0.4, -0.2) is 34.5 Å². The Balaban J connectivity index is 2.29. The summed E-state index contributed by atoms with van der Waals surface area (Å²) in [5.41, 5.74) is -0.0596. The fraction of sp³-hybridized carbons (Fsp3) is 0.429. The Morgan fingerprint density at radius 3 is 2.63 bits per heavy atom. The van der Waals surface area contributed by atoms with Gasteiger partial charge in [0.25, 0.3) is 5.91 Å². The quantitative estimate of drug-likeness (QED) is 0.892. The Morgan fingerprint density at radius 2 is 1.95 bits per heavy atom. The number of likely N-dealkylation sites (tertiary alicyclic amines) is 1. The highest BCUT2D eigenvalue weighted by molar-refractivity contribution is 5.96. The van der Waals surface area contributed by atoms with Crippen LogP contribution in [0.15, 0.2) is 24.3 Å². The van der Waals surface area contributed by atoms with E-state index in [9.17, 15) is 19.1 Å². The summed E-state index contributed by atoms with van der Waals surface area (Å²) < 4.78 is 13.6. The molecule has 19 heavy (non-hydrogen) atoms. The Bertz CT molecular complexity index is 489. The third-order valence-electron chi connectivity index (χ3n) is 3.40. The number of hydrogen-bond donors (Lipinski definition) is 1. The molecule has 1 unspecified atom stereocenters. The number of carboxylic acid groups (broad SMARTS) is 1. The lowest BCUT2D eigenvalue weighted by molar-refractivity contribution is -0.142. The van der Waals surface area contributed by atoms with Gasteiger partial charge in [0.05, 0.1) is 5.56 Å². The molecule has 4 nitrogen and oxygen atoms in total. The van der Waals surface area contributed by atoms with E-state index in [0.717, 1.165) is 19.3 Å². The van der Waals surface area contributed by atoms with Crippen LogP contribution in [0.25, 0.3) is 0 Å². The van der Waals surface area contributed by atoms with Gasteiger partial charge in [-0.3, -0.25) is 4.79 Å². The Labute approximate surface area is 110 Å². The average molecular weight is 265 g/mol. The molecule has 1 aliphatic rings. The largest absolute Gasteiger partial charge is 0.480 e. The van der Waals surface area contributed by atoms with Crippen LogP contribution in [0.4, 0.5) is 4.39 Å². The maximum Gasteiger partial charge on any atom is 0.326 e. The summed E-state index contributed by atoms with van der Waals surface area (Å²) in [6.07, 6.45) is 2.85. The number of benzene rings is 1. The van der Waals surface area contributed by atoms with Gasteiger partial charge in [-0.15, -0.1) is 0 Å². The van der Waals surface area contributed by atoms with Crippen molar-refractivity contribution in [1.29, 1.82) is 0 Å². The lowest BCUT2D eigenvalue weighted by Gasteiger charge is -2.27. The van der Waals surface area contributed by atoms with Crippen LogP contribution < -0.4 is 0 Å². The van der Waals surface area contributed by atoms with Gasteiger partial charge in [0, 0.05) is 6.54 Å². The van der Waals surface area contributed by atoms with Gasteiger partial charge in [0.1, 0.15) is 11.9 Å². The van der Waals surface area contributed by atoms with Crippen molar-refractivity contribution in [2.75, 3.05) is 6.54 Å². The fourth-order valence-electron chi connectivity index (χ4n) is 2.40. The number of halogens is 1. The molecule has 0 aromatic heterocycles. The van der Waals surface area contributed by atoms with Gasteiger partial charge in [-0.25, -0.2) is 9.18 Å². The highest BCUT2D eigenvalue weighted by Gasteiger charge is 2.32. The summed E-state index contributed by atoms with van der Waals surface area (Å²) in [4.78, 5) is 24.8. The van der Waals surface area contributed by atoms with Crippen LogP contribution in [-0.2, 0) is 4.79 Å². The summed E-state index contributed by atoms with van der Waals surface area (Å²) in [5.74, 6) is -2.17. The molecule has 0 bridgehead atoms. The fourth-order valence-corrected chi connectivity index (χ4v) is 2.40. The van der Waals surface area contributed by atoms with Crippen molar-refractivity contribution in [3.05, 3.63) is 35.6 Å². The Kier molecular flexibility index (Phi) is 4.14. The second kappa shape index (κ2) is 5.82. The van der Waals surface area contributed by atoms with Crippen LogP contribution in [0.2, 0.25) is 0 Å². The molecule has 1 amide bonds. The molecule has 1 aromatic carbocycles. The zero-order valence-electron chi connectivity index (χ0n) is 10.5. The van der Waals surface area contributed by atoms with Gasteiger partial charge in [-0.1, -0.05) is 25.0 Å². The molecule has 0 aliphatic carbocycles. The summed E-state index contributed by atoms with van der Waals surface area (Å²) in [5, 5.41) is 9.21. The third-order valence-corrected chi connectivity index (χ3v) is 3.40. The molecule has 1 fully saturated rings. The number of nitrogens with zero attached hydrogens (tertiary/aromatic N) is 1. The normalized spacial score (nSPS) is 19.8. The molecular formula is C14H16FNO3. The minimum Gasteiger partial charge on any atom is -0.480 e. The zero-order valence-corrected chi connectivity index (χ0v) is 10.5. The van der Waals surface area contributed by atoms with Gasteiger partial charge < -0.3 is 10.0 Å². The van der Waals surface area contributed by atoms with Crippen LogP contribution in [0.5, 0.6) is 0 Å². The minimum absolute atomic E-state index is 0.0596. The van der Waals surface area contributed by atoms with E-state index in [1.807, 2.05) is 0 Å². The maximum atomic E-state index is 13.6. The average Bonchev–Trinajstić information content (AvgIpc) is 2.64. The number of carboxylic acids is 1. The second-order valence-corrected chi connectivity index (χ2v) is 4.68. The van der Waals surface area contributed by atoms with Crippen molar-refractivity contribution in [2.45, 2.75) is 31.7 Å². The lowest BCUT2D eigenvalue weighted by atomic mass is 10.1. The van der Waals surface area contributed by atoms with Gasteiger partial charge in [0.15, 0.2) is 0 Å². The van der Waals surface area contributed by atoms with Gasteiger partial charge in [0.2, 0.25) is 0 Å². The number of aliphatic carboxylic acids is 1. The summed E-state index contributed by atoms with van der Waals surface area (Å²) >= 11 is 0. The van der Waals surface area contributed by atoms with E-state index in [-0.39, 0.29) is 5.56 Å². The highest BCUT2D eigenvalue weighted by atomic mass is 19.1. The van der Waals surface area contributed by atoms with E-state index in [1.165, 1.54) is 23.1 Å². The number of rotatable bonds is 2. The van der Waals surface area contributed by atoms with Crippen LogP contribution >= 0.6 is 0 Å². The van der Waals surface area contributed by atoms with E-state index in [0.29, 0.717) is 13.0 Å². The van der Waals surface area contributed by atoms with Crippen LogP contribution in [0.1, 0.15) is 36.0 Å². The van der Waals surface area contributed by atoms with Crippen molar-refractivity contribution in [2.24, 2.45) is 0 Å². The van der Waals surface area contributed by atoms with E-state index in [4.69, 9.17) is 0 Å². The Morgan fingerprint density at radius 1 is 1.21 bits per heavy atom. The number of amides is 1. The first-order chi connectivity index (χ1) is 9.11. The number of hydrogen-bond acceptors (Lipinski definition) is 2. The molecule has 0 saturated carbocycles. The second-order valence-electron chi connectivity index (χ2n) is 4.68.